The van der Waals surface area contributed by atoms with Crippen LogP contribution in [0.2, 0.25) is 0 Å². The van der Waals surface area contributed by atoms with Gasteiger partial charge in [0.05, 0.1) is 3.79 Å². The van der Waals surface area contributed by atoms with Crippen molar-refractivity contribution in [1.82, 2.24) is 10.2 Å². The summed E-state index contributed by atoms with van der Waals surface area (Å²) in [5.41, 5.74) is 0.256. The Morgan fingerprint density at radius 2 is 2.05 bits per heavy atom. The van der Waals surface area contributed by atoms with Crippen molar-refractivity contribution in [2.45, 2.75) is 57.5 Å². The zero-order chi connectivity index (χ0) is 14.6. The first-order valence-electron chi connectivity index (χ1n) is 7.76. The predicted octanol–water partition coefficient (Wildman–Crippen LogP) is 4.30. The van der Waals surface area contributed by atoms with E-state index in [1.807, 2.05) is 11.3 Å². The van der Waals surface area contributed by atoms with Crippen LogP contribution in [-0.2, 0) is 6.42 Å². The van der Waals surface area contributed by atoms with E-state index in [4.69, 9.17) is 0 Å². The van der Waals surface area contributed by atoms with Crippen LogP contribution in [0.5, 0.6) is 0 Å². The molecule has 2 heterocycles. The van der Waals surface area contributed by atoms with Gasteiger partial charge >= 0.3 is 0 Å². The maximum Gasteiger partial charge on any atom is 0.0701 e. The van der Waals surface area contributed by atoms with Crippen LogP contribution >= 0.6 is 27.3 Å². The van der Waals surface area contributed by atoms with Gasteiger partial charge in [0.1, 0.15) is 0 Å². The van der Waals surface area contributed by atoms with Crippen LogP contribution in [0.4, 0.5) is 0 Å². The lowest BCUT2D eigenvalue weighted by Crippen LogP contribution is -2.60. The van der Waals surface area contributed by atoms with Gasteiger partial charge in [-0.15, -0.1) is 11.3 Å². The predicted molar refractivity (Wildman–Crippen MR) is 92.7 cm³/mol. The van der Waals surface area contributed by atoms with E-state index in [9.17, 15) is 0 Å². The molecule has 1 aliphatic heterocycles. The number of nitrogens with zero attached hydrogens (tertiary/aromatic N) is 1. The van der Waals surface area contributed by atoms with E-state index in [0.717, 1.165) is 6.42 Å². The van der Waals surface area contributed by atoms with Gasteiger partial charge in [-0.05, 0) is 80.8 Å². The molecule has 0 aliphatic carbocycles. The average molecular weight is 359 g/mol. The molecule has 0 aromatic carbocycles. The van der Waals surface area contributed by atoms with Gasteiger partial charge in [-0.1, -0.05) is 13.3 Å². The first-order valence-corrected chi connectivity index (χ1v) is 9.37. The monoisotopic (exact) mass is 358 g/mol. The zero-order valence-corrected chi connectivity index (χ0v) is 15.3. The van der Waals surface area contributed by atoms with Crippen LogP contribution in [0.3, 0.4) is 0 Å². The van der Waals surface area contributed by atoms with Crippen molar-refractivity contribution in [1.29, 1.82) is 0 Å². The van der Waals surface area contributed by atoms with Crippen molar-refractivity contribution in [2.75, 3.05) is 20.1 Å². The van der Waals surface area contributed by atoms with Gasteiger partial charge in [-0.25, -0.2) is 0 Å². The molecular weight excluding hydrogens is 332 g/mol. The minimum atomic E-state index is 0.256. The Bertz CT molecular complexity index is 414. The summed E-state index contributed by atoms with van der Waals surface area (Å²) in [5, 5.41) is 3.60. The van der Waals surface area contributed by atoms with E-state index in [1.54, 1.807) is 0 Å². The van der Waals surface area contributed by atoms with Crippen molar-refractivity contribution in [3.63, 3.8) is 0 Å². The first-order chi connectivity index (χ1) is 9.60. The molecule has 2 nitrogen and oxygen atoms in total. The number of halogens is 1. The molecule has 1 fully saturated rings. The van der Waals surface area contributed by atoms with Gasteiger partial charge in [-0.3, -0.25) is 4.90 Å². The van der Waals surface area contributed by atoms with Crippen molar-refractivity contribution in [3.05, 3.63) is 20.8 Å². The Labute approximate surface area is 136 Å². The van der Waals surface area contributed by atoms with Gasteiger partial charge in [-0.2, -0.15) is 0 Å². The summed E-state index contributed by atoms with van der Waals surface area (Å²) in [6.45, 7) is 7.30. The largest absolute Gasteiger partial charge is 0.315 e. The molecule has 1 aromatic rings. The molecule has 1 saturated heterocycles. The molecule has 0 amide bonds. The summed E-state index contributed by atoms with van der Waals surface area (Å²) < 4.78 is 1.23. The van der Waals surface area contributed by atoms with Crippen LogP contribution in [0.1, 0.15) is 44.4 Å². The minimum Gasteiger partial charge on any atom is -0.315 e. The normalized spacial score (nSPS) is 21.6. The third-order valence-corrected chi connectivity index (χ3v) is 6.57. The Morgan fingerprint density at radius 1 is 1.35 bits per heavy atom. The fourth-order valence-corrected chi connectivity index (χ4v) is 4.92. The first kappa shape index (κ1) is 16.5. The number of likely N-dealkylation sites (tertiary alicyclic amines) is 1. The van der Waals surface area contributed by atoms with Crippen molar-refractivity contribution in [3.8, 4) is 0 Å². The van der Waals surface area contributed by atoms with Gasteiger partial charge in [0.15, 0.2) is 0 Å². The molecular formula is C16H27BrN2S. The molecule has 0 spiro atoms. The number of rotatable bonds is 6. The second kappa shape index (κ2) is 7.39. The number of hydrogen-bond donors (Lipinski definition) is 1. The fourth-order valence-electron chi connectivity index (χ4n) is 3.39. The van der Waals surface area contributed by atoms with E-state index in [0.29, 0.717) is 6.04 Å². The second-order valence-electron chi connectivity index (χ2n) is 6.01. The highest BCUT2D eigenvalue weighted by Gasteiger charge is 2.38. The molecule has 2 unspecified atom stereocenters. The summed E-state index contributed by atoms with van der Waals surface area (Å²) in [6.07, 6.45) is 6.43. The van der Waals surface area contributed by atoms with Crippen LogP contribution in [0.15, 0.2) is 15.9 Å². The van der Waals surface area contributed by atoms with E-state index in [1.165, 1.54) is 47.4 Å². The third-order valence-electron chi connectivity index (χ3n) is 4.93. The van der Waals surface area contributed by atoms with Gasteiger partial charge in [0.2, 0.25) is 0 Å². The highest BCUT2D eigenvalue weighted by atomic mass is 79.9. The second-order valence-corrected chi connectivity index (χ2v) is 8.56. The highest BCUT2D eigenvalue weighted by Crippen LogP contribution is 2.31. The highest BCUT2D eigenvalue weighted by molar-refractivity contribution is 9.11. The molecule has 0 radical (unpaired) electrons. The van der Waals surface area contributed by atoms with Crippen LogP contribution in [-0.4, -0.2) is 36.6 Å². The van der Waals surface area contributed by atoms with Gasteiger partial charge < -0.3 is 5.32 Å². The molecule has 0 saturated carbocycles. The number of hydrogen-bond acceptors (Lipinski definition) is 3. The topological polar surface area (TPSA) is 15.3 Å². The Kier molecular flexibility index (Phi) is 6.09. The van der Waals surface area contributed by atoms with Crippen LogP contribution < -0.4 is 5.32 Å². The quantitative estimate of drug-likeness (QED) is 0.815. The van der Waals surface area contributed by atoms with Gasteiger partial charge in [0.25, 0.3) is 0 Å². The fraction of sp³-hybridized carbons (Fsp3) is 0.750. The summed E-state index contributed by atoms with van der Waals surface area (Å²) in [7, 11) is 2.12. The Morgan fingerprint density at radius 3 is 2.55 bits per heavy atom. The van der Waals surface area contributed by atoms with Crippen molar-refractivity contribution in [2.24, 2.45) is 0 Å². The molecule has 20 heavy (non-hydrogen) atoms. The van der Waals surface area contributed by atoms with E-state index < -0.39 is 0 Å². The molecule has 1 aliphatic rings. The molecule has 4 heteroatoms. The smallest absolute Gasteiger partial charge is 0.0701 e. The standard InChI is InChI=1S/C16H27BrN2S/c1-4-16(2,19-10-6-5-7-11-19)14(18-3)12-13-8-9-15(17)20-13/h8-9,14,18H,4-7,10-12H2,1-3H3. The van der Waals surface area contributed by atoms with Gasteiger partial charge in [0, 0.05) is 16.5 Å². The number of piperidine rings is 1. The summed E-state index contributed by atoms with van der Waals surface area (Å²) >= 11 is 5.44. The van der Waals surface area contributed by atoms with Crippen molar-refractivity contribution >= 4 is 27.3 Å². The maximum absolute atomic E-state index is 3.60. The van der Waals surface area contributed by atoms with Crippen LogP contribution in [0, 0.1) is 0 Å². The molecule has 1 N–H and O–H groups in total. The third kappa shape index (κ3) is 3.65. The SMILES string of the molecule is CCC(C)(C(Cc1ccc(Br)s1)NC)N1CCCCC1. The lowest BCUT2D eigenvalue weighted by Gasteiger charge is -2.48. The van der Waals surface area contributed by atoms with E-state index >= 15 is 0 Å². The molecule has 2 rings (SSSR count). The number of nitrogens with one attached hydrogen (secondary N) is 1. The van der Waals surface area contributed by atoms with Crippen LogP contribution in [0.25, 0.3) is 0 Å². The lowest BCUT2D eigenvalue weighted by molar-refractivity contribution is 0.0455. The Hall–Kier alpha value is 0.1000. The zero-order valence-electron chi connectivity index (χ0n) is 12.9. The average Bonchev–Trinajstić information content (AvgIpc) is 2.90. The van der Waals surface area contributed by atoms with E-state index in [2.05, 4.69) is 59.2 Å². The summed E-state index contributed by atoms with van der Waals surface area (Å²) in [4.78, 5) is 4.19. The maximum atomic E-state index is 3.60. The molecule has 2 atom stereocenters. The number of thiophene rings is 1. The summed E-state index contributed by atoms with van der Waals surface area (Å²) in [5.74, 6) is 0. The molecule has 0 bridgehead atoms. The summed E-state index contributed by atoms with van der Waals surface area (Å²) in [6, 6.07) is 4.93. The Balaban J connectivity index is 2.12. The van der Waals surface area contributed by atoms with Crippen molar-refractivity contribution < 1.29 is 0 Å². The molecule has 1 aromatic heterocycles. The molecule has 114 valence electrons. The lowest BCUT2D eigenvalue weighted by atomic mass is 9.83. The minimum absolute atomic E-state index is 0.256. The number of likely N-dealkylation sites (N-methyl/N-ethyl adjacent to an activating group) is 1. The van der Waals surface area contributed by atoms with E-state index in [-0.39, 0.29) is 5.54 Å².